The molecule has 1 saturated heterocycles. The molecule has 0 radical (unpaired) electrons. The second kappa shape index (κ2) is 4.77. The lowest BCUT2D eigenvalue weighted by Crippen LogP contribution is -2.43. The van der Waals surface area contributed by atoms with E-state index in [9.17, 15) is 9.59 Å². The molecule has 14 heavy (non-hydrogen) atoms. The Morgan fingerprint density at radius 3 is 2.79 bits per heavy atom. The number of likely N-dealkylation sites (tertiary alicyclic amines) is 1. The molecule has 0 aromatic carbocycles. The number of carbonyl (C=O) groups excluding carboxylic acids is 1. The van der Waals surface area contributed by atoms with Crippen LogP contribution in [-0.4, -0.2) is 39.8 Å². The Labute approximate surface area is 91.4 Å². The maximum atomic E-state index is 11.7. The van der Waals surface area contributed by atoms with Crippen LogP contribution in [0.15, 0.2) is 0 Å². The molecule has 0 spiro atoms. The van der Waals surface area contributed by atoms with Gasteiger partial charge in [0.05, 0.1) is 0 Å². The van der Waals surface area contributed by atoms with E-state index in [0.29, 0.717) is 18.3 Å². The molecule has 1 amide bonds. The van der Waals surface area contributed by atoms with Gasteiger partial charge in [-0.2, -0.15) is 0 Å². The van der Waals surface area contributed by atoms with Crippen LogP contribution in [0.4, 0.5) is 0 Å². The van der Waals surface area contributed by atoms with Crippen molar-refractivity contribution >= 4 is 27.8 Å². The summed E-state index contributed by atoms with van der Waals surface area (Å²) in [6.07, 6.45) is 1.37. The molecule has 0 aromatic rings. The zero-order chi connectivity index (χ0) is 10.7. The Hall–Kier alpha value is -0.580. The highest BCUT2D eigenvalue weighted by Crippen LogP contribution is 2.20. The van der Waals surface area contributed by atoms with E-state index in [1.54, 1.807) is 6.92 Å². The van der Waals surface area contributed by atoms with E-state index in [-0.39, 0.29) is 11.8 Å². The van der Waals surface area contributed by atoms with Crippen LogP contribution in [0.25, 0.3) is 0 Å². The summed E-state index contributed by atoms with van der Waals surface area (Å²) in [6.45, 7) is 2.38. The number of carboxylic acids is 1. The van der Waals surface area contributed by atoms with Crippen LogP contribution in [0, 0.1) is 5.92 Å². The highest BCUT2D eigenvalue weighted by molar-refractivity contribution is 9.09. The number of carbonyl (C=O) groups is 2. The van der Waals surface area contributed by atoms with Crippen LogP contribution in [0.1, 0.15) is 19.8 Å². The predicted molar refractivity (Wildman–Crippen MR) is 55.3 cm³/mol. The van der Waals surface area contributed by atoms with E-state index in [1.807, 2.05) is 0 Å². The third-order valence-electron chi connectivity index (χ3n) is 2.47. The molecule has 0 bridgehead atoms. The highest BCUT2D eigenvalue weighted by Gasteiger charge is 2.35. The van der Waals surface area contributed by atoms with Gasteiger partial charge < -0.3 is 10.0 Å². The van der Waals surface area contributed by atoms with Crippen molar-refractivity contribution in [3.63, 3.8) is 0 Å². The van der Waals surface area contributed by atoms with Crippen molar-refractivity contribution in [2.45, 2.75) is 25.8 Å². The molecule has 0 aromatic heterocycles. The fourth-order valence-corrected chi connectivity index (χ4v) is 1.91. The van der Waals surface area contributed by atoms with E-state index in [1.165, 1.54) is 4.90 Å². The van der Waals surface area contributed by atoms with Crippen molar-refractivity contribution in [1.29, 1.82) is 0 Å². The van der Waals surface area contributed by atoms with Crippen molar-refractivity contribution in [3.8, 4) is 0 Å². The number of hydrogen-bond acceptors (Lipinski definition) is 2. The van der Waals surface area contributed by atoms with Crippen molar-refractivity contribution < 1.29 is 14.7 Å². The van der Waals surface area contributed by atoms with E-state index < -0.39 is 12.0 Å². The van der Waals surface area contributed by atoms with Crippen molar-refractivity contribution in [3.05, 3.63) is 0 Å². The maximum Gasteiger partial charge on any atom is 0.326 e. The second-order valence-electron chi connectivity index (χ2n) is 3.58. The predicted octanol–water partition coefficient (Wildman–Crippen LogP) is 1.09. The summed E-state index contributed by atoms with van der Waals surface area (Å²) in [5, 5.41) is 9.46. The number of alkyl halides is 1. The number of nitrogens with zero attached hydrogens (tertiary/aromatic N) is 1. The molecule has 0 unspecified atom stereocenters. The minimum absolute atomic E-state index is 0.0632. The van der Waals surface area contributed by atoms with Gasteiger partial charge in [-0.1, -0.05) is 22.9 Å². The zero-order valence-electron chi connectivity index (χ0n) is 8.07. The summed E-state index contributed by atoms with van der Waals surface area (Å²) in [7, 11) is 0. The topological polar surface area (TPSA) is 57.6 Å². The fraction of sp³-hybridized carbons (Fsp3) is 0.778. The van der Waals surface area contributed by atoms with Crippen LogP contribution in [0.2, 0.25) is 0 Å². The molecule has 1 aliphatic heterocycles. The molecule has 0 aliphatic carbocycles. The third-order valence-corrected chi connectivity index (χ3v) is 3.45. The summed E-state index contributed by atoms with van der Waals surface area (Å²) in [5.41, 5.74) is 0. The molecule has 80 valence electrons. The minimum atomic E-state index is -0.891. The first-order valence-corrected chi connectivity index (χ1v) is 5.79. The van der Waals surface area contributed by atoms with E-state index in [0.717, 1.165) is 6.42 Å². The molecule has 5 heteroatoms. The van der Waals surface area contributed by atoms with Gasteiger partial charge in [-0.05, 0) is 12.8 Å². The Morgan fingerprint density at radius 2 is 2.29 bits per heavy atom. The monoisotopic (exact) mass is 263 g/mol. The lowest BCUT2D eigenvalue weighted by atomic mass is 10.1. The SMILES string of the molecule is C[C@H](CBr)C(=O)N1CCC[C@H]1C(=O)O. The van der Waals surface area contributed by atoms with Gasteiger partial charge in [-0.25, -0.2) is 4.79 Å². The molecule has 1 fully saturated rings. The molecule has 2 atom stereocenters. The summed E-state index contributed by atoms with van der Waals surface area (Å²) < 4.78 is 0. The van der Waals surface area contributed by atoms with Crippen LogP contribution in [0.3, 0.4) is 0 Å². The molecular weight excluding hydrogens is 250 g/mol. The number of amides is 1. The highest BCUT2D eigenvalue weighted by atomic mass is 79.9. The van der Waals surface area contributed by atoms with Crippen LogP contribution < -0.4 is 0 Å². The Balaban J connectivity index is 2.67. The number of carboxylic acid groups (broad SMARTS) is 1. The maximum absolute atomic E-state index is 11.7. The van der Waals surface area contributed by atoms with Gasteiger partial charge in [-0.15, -0.1) is 0 Å². The summed E-state index contributed by atoms with van der Waals surface area (Å²) >= 11 is 3.22. The van der Waals surface area contributed by atoms with E-state index >= 15 is 0 Å². The lowest BCUT2D eigenvalue weighted by Gasteiger charge is -2.23. The van der Waals surface area contributed by atoms with Gasteiger partial charge in [0, 0.05) is 17.8 Å². The number of rotatable bonds is 3. The molecule has 1 rings (SSSR count). The third kappa shape index (κ3) is 2.26. The largest absolute Gasteiger partial charge is 0.480 e. The first-order valence-electron chi connectivity index (χ1n) is 4.67. The average Bonchev–Trinajstić information content (AvgIpc) is 2.63. The Bertz CT molecular complexity index is 244. The van der Waals surface area contributed by atoms with Crippen LogP contribution in [-0.2, 0) is 9.59 Å². The summed E-state index contributed by atoms with van der Waals surface area (Å²) in [4.78, 5) is 24.0. The number of aliphatic carboxylic acids is 1. The lowest BCUT2D eigenvalue weighted by molar-refractivity contribution is -0.149. The number of hydrogen-bond donors (Lipinski definition) is 1. The molecule has 1 heterocycles. The van der Waals surface area contributed by atoms with Gasteiger partial charge in [-0.3, -0.25) is 4.79 Å². The van der Waals surface area contributed by atoms with Gasteiger partial charge in [0.15, 0.2) is 0 Å². The van der Waals surface area contributed by atoms with Gasteiger partial charge in [0.2, 0.25) is 5.91 Å². The van der Waals surface area contributed by atoms with Gasteiger partial charge >= 0.3 is 5.97 Å². The fourth-order valence-electron chi connectivity index (χ4n) is 1.64. The van der Waals surface area contributed by atoms with Crippen molar-refractivity contribution in [2.24, 2.45) is 5.92 Å². The Kier molecular flexibility index (Phi) is 3.92. The summed E-state index contributed by atoms with van der Waals surface area (Å²) in [6, 6.07) is -0.607. The second-order valence-corrected chi connectivity index (χ2v) is 4.23. The standard InChI is InChI=1S/C9H14BrNO3/c1-6(5-10)8(12)11-4-2-3-7(11)9(13)14/h6-7H,2-5H2,1H3,(H,13,14)/t6-,7+/m1/s1. The van der Waals surface area contributed by atoms with Crippen LogP contribution in [0.5, 0.6) is 0 Å². The van der Waals surface area contributed by atoms with E-state index in [4.69, 9.17) is 5.11 Å². The van der Waals surface area contributed by atoms with Gasteiger partial charge in [0.25, 0.3) is 0 Å². The van der Waals surface area contributed by atoms with E-state index in [2.05, 4.69) is 15.9 Å². The van der Waals surface area contributed by atoms with Gasteiger partial charge in [0.1, 0.15) is 6.04 Å². The average molecular weight is 264 g/mol. The summed E-state index contributed by atoms with van der Waals surface area (Å²) in [5.74, 6) is -1.10. The molecular formula is C9H14BrNO3. The van der Waals surface area contributed by atoms with Crippen LogP contribution >= 0.6 is 15.9 Å². The first kappa shape index (κ1) is 11.5. The minimum Gasteiger partial charge on any atom is -0.480 e. The quantitative estimate of drug-likeness (QED) is 0.776. The molecule has 1 N–H and O–H groups in total. The van der Waals surface area contributed by atoms with Crippen molar-refractivity contribution in [1.82, 2.24) is 4.90 Å². The number of halogens is 1. The first-order chi connectivity index (χ1) is 6.57. The smallest absolute Gasteiger partial charge is 0.326 e. The van der Waals surface area contributed by atoms with Crippen molar-refractivity contribution in [2.75, 3.05) is 11.9 Å². The molecule has 4 nitrogen and oxygen atoms in total. The molecule has 0 saturated carbocycles. The zero-order valence-corrected chi connectivity index (χ0v) is 9.66. The molecule has 1 aliphatic rings. The Morgan fingerprint density at radius 1 is 1.64 bits per heavy atom. The normalized spacial score (nSPS) is 23.6.